The normalized spacial score (nSPS) is 12.4. The van der Waals surface area contributed by atoms with Crippen molar-refractivity contribution in [2.45, 2.75) is 16.3 Å². The lowest BCUT2D eigenvalue weighted by molar-refractivity contribution is 0.291. The zero-order valence-corrected chi connectivity index (χ0v) is 16.1. The van der Waals surface area contributed by atoms with Crippen molar-refractivity contribution in [2.75, 3.05) is 45.2 Å². The van der Waals surface area contributed by atoms with Gasteiger partial charge in [0.05, 0.1) is 18.7 Å². The minimum atomic E-state index is 0.144. The van der Waals surface area contributed by atoms with Crippen LogP contribution in [0, 0.1) is 0 Å². The van der Waals surface area contributed by atoms with Crippen LogP contribution in [-0.4, -0.2) is 59.7 Å². The first-order chi connectivity index (χ1) is 13.3. The largest absolute Gasteiger partial charge is 0.395 e. The Bertz CT molecular complexity index is 941. The summed E-state index contributed by atoms with van der Waals surface area (Å²) in [6.45, 7) is 4.01. The van der Waals surface area contributed by atoms with Gasteiger partial charge in [-0.1, -0.05) is 11.8 Å². The second-order valence-corrected chi connectivity index (χ2v) is 7.42. The van der Waals surface area contributed by atoms with E-state index in [9.17, 15) is 0 Å². The van der Waals surface area contributed by atoms with Crippen LogP contribution < -0.4 is 16.0 Å². The molecule has 0 aliphatic carbocycles. The topological polar surface area (TPSA) is 87.0 Å². The molecule has 1 aliphatic rings. The zero-order chi connectivity index (χ0) is 18.6. The van der Waals surface area contributed by atoms with Crippen LogP contribution in [0.15, 0.2) is 40.3 Å². The summed E-state index contributed by atoms with van der Waals surface area (Å²) in [5.74, 6) is 0. The van der Waals surface area contributed by atoms with Gasteiger partial charge in [-0.25, -0.2) is 0 Å². The molecule has 0 radical (unpaired) electrons. The van der Waals surface area contributed by atoms with Crippen LogP contribution in [0.1, 0.15) is 0 Å². The van der Waals surface area contributed by atoms with Gasteiger partial charge in [0, 0.05) is 53.2 Å². The van der Waals surface area contributed by atoms with Crippen molar-refractivity contribution in [1.82, 2.24) is 25.4 Å². The maximum Gasteiger partial charge on any atom is 0.121 e. The first-order valence-corrected chi connectivity index (χ1v) is 10.0. The summed E-state index contributed by atoms with van der Waals surface area (Å²) in [5, 5.41) is 24.9. The number of hydrogen-bond acceptors (Lipinski definition) is 7. The smallest absolute Gasteiger partial charge is 0.121 e. The molecule has 0 spiro atoms. The Kier molecular flexibility index (Phi) is 5.58. The Hall–Kier alpha value is -2.13. The molecule has 7 nitrogen and oxygen atoms in total. The number of aliphatic hydroxyl groups excluding tert-OH is 1. The van der Waals surface area contributed by atoms with Crippen molar-refractivity contribution < 1.29 is 5.11 Å². The fraction of sp³-hybridized carbons (Fsp3) is 0.368. The highest BCUT2D eigenvalue weighted by atomic mass is 32.2. The first-order valence-electron chi connectivity index (χ1n) is 9.20. The number of aromatic nitrogens is 3. The van der Waals surface area contributed by atoms with Crippen LogP contribution in [0.4, 0.5) is 5.69 Å². The number of hydrogen-bond donors (Lipinski definition) is 4. The summed E-state index contributed by atoms with van der Waals surface area (Å²) in [6, 6.07) is 8.36. The second kappa shape index (κ2) is 8.26. The van der Waals surface area contributed by atoms with Gasteiger partial charge in [0.1, 0.15) is 11.4 Å². The summed E-state index contributed by atoms with van der Waals surface area (Å²) in [5.41, 5.74) is 4.16. The molecule has 0 saturated heterocycles. The van der Waals surface area contributed by atoms with E-state index in [-0.39, 0.29) is 6.61 Å². The standard InChI is InChI=1S/C19H24N6OS/c1-20-7-8-22-13-4-5-14-16-18(24-25(14)11-9-21-10-12-26)17-15(27-19(13)16)3-2-6-23-17/h2-6,20-22,26H,7-12H2,1H3. The van der Waals surface area contributed by atoms with Crippen molar-refractivity contribution in [3.63, 3.8) is 0 Å². The van der Waals surface area contributed by atoms with Gasteiger partial charge in [-0.2, -0.15) is 5.10 Å². The van der Waals surface area contributed by atoms with Gasteiger partial charge in [-0.15, -0.1) is 0 Å². The molecule has 27 heavy (non-hydrogen) atoms. The number of pyridine rings is 1. The monoisotopic (exact) mass is 384 g/mol. The number of rotatable bonds is 9. The number of anilines is 1. The fourth-order valence-corrected chi connectivity index (χ4v) is 4.46. The Morgan fingerprint density at radius 3 is 2.89 bits per heavy atom. The molecule has 3 heterocycles. The minimum absolute atomic E-state index is 0.144. The number of nitrogens with one attached hydrogen (secondary N) is 3. The van der Waals surface area contributed by atoms with Crippen LogP contribution in [0.2, 0.25) is 0 Å². The average Bonchev–Trinajstić information content (AvgIpc) is 3.07. The average molecular weight is 385 g/mol. The second-order valence-electron chi connectivity index (χ2n) is 6.36. The molecule has 0 fully saturated rings. The van der Waals surface area contributed by atoms with Gasteiger partial charge in [0.25, 0.3) is 0 Å². The van der Waals surface area contributed by atoms with E-state index >= 15 is 0 Å². The maximum atomic E-state index is 8.94. The molecule has 4 rings (SSSR count). The molecular weight excluding hydrogens is 360 g/mol. The molecule has 4 N–H and O–H groups in total. The van der Waals surface area contributed by atoms with Crippen LogP contribution in [0.5, 0.6) is 0 Å². The molecule has 1 aromatic carbocycles. The summed E-state index contributed by atoms with van der Waals surface area (Å²) in [7, 11) is 1.96. The number of fused-ring (bicyclic) bond motifs is 2. The van der Waals surface area contributed by atoms with E-state index in [4.69, 9.17) is 10.2 Å². The van der Waals surface area contributed by atoms with E-state index in [0.29, 0.717) is 6.54 Å². The highest BCUT2D eigenvalue weighted by Crippen LogP contribution is 2.49. The summed E-state index contributed by atoms with van der Waals surface area (Å²) >= 11 is 1.76. The molecule has 142 valence electrons. The van der Waals surface area contributed by atoms with Gasteiger partial charge in [0.15, 0.2) is 0 Å². The summed E-state index contributed by atoms with van der Waals surface area (Å²) < 4.78 is 2.04. The maximum absolute atomic E-state index is 8.94. The Balaban J connectivity index is 1.76. The molecule has 2 aromatic heterocycles. The lowest BCUT2D eigenvalue weighted by Crippen LogP contribution is -2.23. The van der Waals surface area contributed by atoms with E-state index in [0.717, 1.165) is 53.7 Å². The molecule has 8 heteroatoms. The van der Waals surface area contributed by atoms with E-state index in [1.807, 2.05) is 24.0 Å². The van der Waals surface area contributed by atoms with Gasteiger partial charge in [-0.05, 0) is 31.3 Å². The van der Waals surface area contributed by atoms with Crippen LogP contribution in [-0.2, 0) is 6.54 Å². The molecule has 0 amide bonds. The molecule has 0 atom stereocenters. The Morgan fingerprint density at radius 2 is 2.04 bits per heavy atom. The van der Waals surface area contributed by atoms with Crippen LogP contribution in [0.3, 0.4) is 0 Å². The Morgan fingerprint density at radius 1 is 1.11 bits per heavy atom. The molecule has 3 aromatic rings. The predicted octanol–water partition coefficient (Wildman–Crippen LogP) is 1.78. The van der Waals surface area contributed by atoms with Crippen molar-refractivity contribution in [2.24, 2.45) is 0 Å². The molecule has 0 bridgehead atoms. The summed E-state index contributed by atoms with van der Waals surface area (Å²) in [6.07, 6.45) is 1.83. The molecule has 0 unspecified atom stereocenters. The molecule has 1 aliphatic heterocycles. The van der Waals surface area contributed by atoms with Crippen LogP contribution in [0.25, 0.3) is 22.3 Å². The van der Waals surface area contributed by atoms with E-state index in [1.165, 1.54) is 10.3 Å². The van der Waals surface area contributed by atoms with E-state index in [2.05, 4.69) is 39.1 Å². The lowest BCUT2D eigenvalue weighted by Gasteiger charge is -2.18. The highest BCUT2D eigenvalue weighted by Gasteiger charge is 2.26. The van der Waals surface area contributed by atoms with Crippen molar-refractivity contribution in [3.05, 3.63) is 30.5 Å². The number of aliphatic hydroxyl groups is 1. The van der Waals surface area contributed by atoms with Gasteiger partial charge in [-0.3, -0.25) is 9.67 Å². The van der Waals surface area contributed by atoms with Gasteiger partial charge in [0.2, 0.25) is 0 Å². The minimum Gasteiger partial charge on any atom is -0.395 e. The zero-order valence-electron chi connectivity index (χ0n) is 15.3. The third-order valence-electron chi connectivity index (χ3n) is 4.56. The predicted molar refractivity (Wildman–Crippen MR) is 109 cm³/mol. The number of benzene rings is 1. The van der Waals surface area contributed by atoms with Crippen LogP contribution >= 0.6 is 11.8 Å². The third kappa shape index (κ3) is 3.53. The lowest BCUT2D eigenvalue weighted by atomic mass is 10.1. The van der Waals surface area contributed by atoms with Gasteiger partial charge >= 0.3 is 0 Å². The fourth-order valence-electron chi connectivity index (χ4n) is 3.29. The highest BCUT2D eigenvalue weighted by molar-refractivity contribution is 8.00. The third-order valence-corrected chi connectivity index (χ3v) is 5.74. The number of nitrogens with zero attached hydrogens (tertiary/aromatic N) is 3. The van der Waals surface area contributed by atoms with Crippen molar-refractivity contribution >= 4 is 28.4 Å². The SMILES string of the molecule is CNCCNc1ccc2c3c(nn2CCNCCO)-c2ncccc2Sc13. The summed E-state index contributed by atoms with van der Waals surface area (Å²) in [4.78, 5) is 6.95. The molecular formula is C19H24N6OS. The van der Waals surface area contributed by atoms with Crippen molar-refractivity contribution in [1.29, 1.82) is 0 Å². The number of likely N-dealkylation sites (N-methyl/N-ethyl adjacent to an activating group) is 1. The van der Waals surface area contributed by atoms with Crippen molar-refractivity contribution in [3.8, 4) is 11.4 Å². The van der Waals surface area contributed by atoms with E-state index < -0.39 is 0 Å². The molecule has 0 saturated carbocycles. The van der Waals surface area contributed by atoms with E-state index in [1.54, 1.807) is 11.8 Å². The first kappa shape index (κ1) is 18.2. The van der Waals surface area contributed by atoms with Gasteiger partial charge < -0.3 is 21.1 Å². The Labute approximate surface area is 162 Å². The quantitative estimate of drug-likeness (QED) is 0.327.